The van der Waals surface area contributed by atoms with Crippen molar-refractivity contribution in [2.24, 2.45) is 0 Å². The van der Waals surface area contributed by atoms with Crippen molar-refractivity contribution < 1.29 is 9.53 Å². The van der Waals surface area contributed by atoms with Gasteiger partial charge in [0.1, 0.15) is 0 Å². The van der Waals surface area contributed by atoms with Gasteiger partial charge in [-0.3, -0.25) is 9.78 Å². The van der Waals surface area contributed by atoms with E-state index in [2.05, 4.69) is 14.7 Å². The summed E-state index contributed by atoms with van der Waals surface area (Å²) < 4.78 is 4.15. The molecule has 2 aromatic rings. The highest BCUT2D eigenvalue weighted by atomic mass is 35.5. The number of ether oxygens (including phenoxy) is 1. The number of nitrogens with zero attached hydrogens (tertiary/aromatic N) is 2. The number of carbonyl (C=O) groups is 1. The van der Waals surface area contributed by atoms with Gasteiger partial charge in [-0.1, -0.05) is 35.3 Å². The summed E-state index contributed by atoms with van der Waals surface area (Å²) in [6.07, 6.45) is 3.37. The molecule has 106 valence electrons. The Morgan fingerprint density at radius 3 is 2.60 bits per heavy atom. The van der Waals surface area contributed by atoms with E-state index in [0.29, 0.717) is 23.1 Å². The van der Waals surface area contributed by atoms with Gasteiger partial charge in [0, 0.05) is 11.8 Å². The third kappa shape index (κ3) is 4.79. The third-order valence-electron chi connectivity index (χ3n) is 2.22. The smallest absolute Gasteiger partial charge is 0.293 e. The normalized spacial score (nSPS) is 9.40. The van der Waals surface area contributed by atoms with Crippen LogP contribution in [0.1, 0.15) is 12.6 Å². The number of halogens is 2. The van der Waals surface area contributed by atoms with Crippen molar-refractivity contribution in [3.05, 3.63) is 46.3 Å². The summed E-state index contributed by atoms with van der Waals surface area (Å²) in [7, 11) is 0. The minimum absolute atomic E-state index is 0.431. The molecule has 4 nitrogen and oxygen atoms in total. The van der Waals surface area contributed by atoms with Crippen LogP contribution in [0.15, 0.2) is 30.6 Å². The lowest BCUT2D eigenvalue weighted by Crippen LogP contribution is -1.89. The zero-order chi connectivity index (χ0) is 15.0. The number of aryl methyl sites for hydroxylation is 1. The van der Waals surface area contributed by atoms with Gasteiger partial charge in [0.25, 0.3) is 6.47 Å². The van der Waals surface area contributed by atoms with Crippen molar-refractivity contribution in [2.45, 2.75) is 13.8 Å². The van der Waals surface area contributed by atoms with Gasteiger partial charge in [-0.2, -0.15) is 0 Å². The second kappa shape index (κ2) is 8.51. The molecule has 0 aliphatic carbocycles. The highest BCUT2D eigenvalue weighted by molar-refractivity contribution is 6.43. The second-order valence-corrected chi connectivity index (χ2v) is 4.48. The van der Waals surface area contributed by atoms with Gasteiger partial charge in [-0.25, -0.2) is 4.98 Å². The summed E-state index contributed by atoms with van der Waals surface area (Å²) in [5.74, 6) is 0. The van der Waals surface area contributed by atoms with E-state index in [1.807, 2.05) is 19.1 Å². The minimum Gasteiger partial charge on any atom is -0.468 e. The van der Waals surface area contributed by atoms with E-state index in [-0.39, 0.29) is 0 Å². The van der Waals surface area contributed by atoms with E-state index >= 15 is 0 Å². The molecule has 0 aliphatic heterocycles. The summed E-state index contributed by atoms with van der Waals surface area (Å²) in [5.41, 5.74) is 2.39. The minimum atomic E-state index is 0.431. The van der Waals surface area contributed by atoms with Crippen molar-refractivity contribution in [1.29, 1.82) is 0 Å². The summed E-state index contributed by atoms with van der Waals surface area (Å²) in [6.45, 7) is 4.55. The zero-order valence-electron chi connectivity index (χ0n) is 11.1. The van der Waals surface area contributed by atoms with Gasteiger partial charge >= 0.3 is 0 Å². The van der Waals surface area contributed by atoms with Crippen LogP contribution in [0.5, 0.6) is 0 Å². The fourth-order valence-electron chi connectivity index (χ4n) is 1.36. The van der Waals surface area contributed by atoms with Gasteiger partial charge < -0.3 is 4.74 Å². The summed E-state index contributed by atoms with van der Waals surface area (Å²) in [4.78, 5) is 17.6. The van der Waals surface area contributed by atoms with Crippen molar-refractivity contribution in [3.63, 3.8) is 0 Å². The zero-order valence-corrected chi connectivity index (χ0v) is 12.6. The van der Waals surface area contributed by atoms with Gasteiger partial charge in [0.05, 0.1) is 34.2 Å². The maximum absolute atomic E-state index is 9.18. The number of hydrogen-bond acceptors (Lipinski definition) is 4. The molecule has 20 heavy (non-hydrogen) atoms. The molecule has 0 spiro atoms. The van der Waals surface area contributed by atoms with Gasteiger partial charge in [0.15, 0.2) is 0 Å². The van der Waals surface area contributed by atoms with E-state index in [0.717, 1.165) is 17.0 Å². The van der Waals surface area contributed by atoms with E-state index in [9.17, 15) is 4.79 Å². The van der Waals surface area contributed by atoms with Crippen molar-refractivity contribution in [2.75, 3.05) is 6.61 Å². The van der Waals surface area contributed by atoms with Crippen LogP contribution < -0.4 is 0 Å². The molecule has 0 bridgehead atoms. The molecular formula is C14H14Cl2N2O2. The lowest BCUT2D eigenvalue weighted by Gasteiger charge is -2.04. The van der Waals surface area contributed by atoms with E-state index in [1.54, 1.807) is 25.4 Å². The SMILES string of the molecule is CCOC=O.Cc1cncc(-c2cccc(Cl)c2Cl)n1. The Balaban J connectivity index is 0.000000347. The van der Waals surface area contributed by atoms with Crippen molar-refractivity contribution in [1.82, 2.24) is 9.97 Å². The Labute approximate surface area is 127 Å². The first kappa shape index (κ1) is 16.4. The number of aromatic nitrogens is 2. The lowest BCUT2D eigenvalue weighted by molar-refractivity contribution is -0.128. The first-order valence-corrected chi connectivity index (χ1v) is 6.64. The van der Waals surface area contributed by atoms with Crippen LogP contribution in [0.3, 0.4) is 0 Å². The Kier molecular flexibility index (Phi) is 6.98. The fraction of sp³-hybridized carbons (Fsp3) is 0.214. The van der Waals surface area contributed by atoms with E-state index in [4.69, 9.17) is 23.2 Å². The quantitative estimate of drug-likeness (QED) is 0.805. The van der Waals surface area contributed by atoms with Gasteiger partial charge in [-0.15, -0.1) is 0 Å². The molecule has 0 N–H and O–H groups in total. The highest BCUT2D eigenvalue weighted by Gasteiger charge is 2.07. The standard InChI is InChI=1S/C11H8Cl2N2.C3H6O2/c1-7-5-14-6-10(15-7)8-3-2-4-9(12)11(8)13;1-2-5-3-4/h2-6H,1H3;3H,2H2,1H3. The molecule has 1 aromatic heterocycles. The largest absolute Gasteiger partial charge is 0.468 e. The molecule has 0 saturated heterocycles. The monoisotopic (exact) mass is 312 g/mol. The molecule has 0 unspecified atom stereocenters. The van der Waals surface area contributed by atoms with Gasteiger partial charge in [0.2, 0.25) is 0 Å². The summed E-state index contributed by atoms with van der Waals surface area (Å²) >= 11 is 12.0. The summed E-state index contributed by atoms with van der Waals surface area (Å²) in [6, 6.07) is 5.46. The predicted octanol–water partition coefficient (Wildman–Crippen LogP) is 3.94. The van der Waals surface area contributed by atoms with Crippen LogP contribution in [0.4, 0.5) is 0 Å². The average Bonchev–Trinajstić information content (AvgIpc) is 2.43. The number of hydrogen-bond donors (Lipinski definition) is 0. The van der Waals surface area contributed by atoms with Crippen molar-refractivity contribution in [3.8, 4) is 11.3 Å². The van der Waals surface area contributed by atoms with Gasteiger partial charge in [-0.05, 0) is 19.9 Å². The molecule has 1 heterocycles. The number of benzene rings is 1. The topological polar surface area (TPSA) is 52.1 Å². The van der Waals surface area contributed by atoms with Crippen LogP contribution in [-0.4, -0.2) is 23.0 Å². The van der Waals surface area contributed by atoms with Crippen LogP contribution in [0.25, 0.3) is 11.3 Å². The van der Waals surface area contributed by atoms with Crippen molar-refractivity contribution >= 4 is 29.7 Å². The van der Waals surface area contributed by atoms with Crippen LogP contribution >= 0.6 is 23.2 Å². The highest BCUT2D eigenvalue weighted by Crippen LogP contribution is 2.31. The Hall–Kier alpha value is -1.65. The molecule has 6 heteroatoms. The molecule has 0 saturated carbocycles. The number of carbonyl (C=O) groups excluding carboxylic acids is 1. The van der Waals surface area contributed by atoms with E-state index < -0.39 is 0 Å². The second-order valence-electron chi connectivity index (χ2n) is 3.70. The first-order valence-electron chi connectivity index (χ1n) is 5.88. The molecule has 2 rings (SSSR count). The Morgan fingerprint density at radius 1 is 1.30 bits per heavy atom. The maximum atomic E-state index is 9.18. The van der Waals surface area contributed by atoms with Crippen LogP contribution in [0.2, 0.25) is 10.0 Å². The molecule has 0 aliphatic rings. The van der Waals surface area contributed by atoms with E-state index in [1.165, 1.54) is 0 Å². The van der Waals surface area contributed by atoms with Crippen LogP contribution in [-0.2, 0) is 9.53 Å². The average molecular weight is 313 g/mol. The Bertz CT molecular complexity index is 577. The lowest BCUT2D eigenvalue weighted by atomic mass is 10.1. The molecule has 1 aromatic carbocycles. The molecule has 0 fully saturated rings. The first-order chi connectivity index (χ1) is 9.60. The summed E-state index contributed by atoms with van der Waals surface area (Å²) in [5, 5.41) is 1.04. The maximum Gasteiger partial charge on any atom is 0.293 e. The molecular weight excluding hydrogens is 299 g/mol. The molecule has 0 atom stereocenters. The number of rotatable bonds is 3. The van der Waals surface area contributed by atoms with Crippen LogP contribution in [0, 0.1) is 6.92 Å². The molecule has 0 radical (unpaired) electrons. The predicted molar refractivity (Wildman–Crippen MR) is 79.9 cm³/mol. The Morgan fingerprint density at radius 2 is 2.05 bits per heavy atom. The fourth-order valence-corrected chi connectivity index (χ4v) is 1.76. The molecule has 0 amide bonds. The third-order valence-corrected chi connectivity index (χ3v) is 3.04.